The van der Waals surface area contributed by atoms with Crippen LogP contribution in [0.1, 0.15) is 16.1 Å². The molecule has 0 aliphatic carbocycles. The van der Waals surface area contributed by atoms with Gasteiger partial charge >= 0.3 is 5.97 Å². The highest BCUT2D eigenvalue weighted by molar-refractivity contribution is 5.88. The fraction of sp³-hybridized carbons (Fsp3) is 0.0588. The van der Waals surface area contributed by atoms with E-state index < -0.39 is 5.97 Å². The van der Waals surface area contributed by atoms with Crippen LogP contribution in [-0.2, 0) is 0 Å². The third kappa shape index (κ3) is 2.21. The molecule has 104 valence electrons. The van der Waals surface area contributed by atoms with Crippen LogP contribution in [0.15, 0.2) is 59.4 Å². The molecule has 3 rings (SSSR count). The fourth-order valence-corrected chi connectivity index (χ4v) is 2.46. The van der Waals surface area contributed by atoms with Gasteiger partial charge in [-0.05, 0) is 48.7 Å². The van der Waals surface area contributed by atoms with E-state index in [1.807, 2.05) is 31.2 Å². The van der Waals surface area contributed by atoms with Crippen molar-refractivity contribution >= 4 is 16.7 Å². The van der Waals surface area contributed by atoms with Gasteiger partial charge in [0.05, 0.1) is 5.56 Å². The van der Waals surface area contributed by atoms with Crippen molar-refractivity contribution in [3.63, 3.8) is 0 Å². The smallest absolute Gasteiger partial charge is 0.335 e. The van der Waals surface area contributed by atoms with E-state index in [1.165, 1.54) is 12.1 Å². The van der Waals surface area contributed by atoms with Crippen LogP contribution in [0.3, 0.4) is 0 Å². The van der Waals surface area contributed by atoms with Gasteiger partial charge in [0.1, 0.15) is 0 Å². The molecule has 21 heavy (non-hydrogen) atoms. The highest BCUT2D eigenvalue weighted by Gasteiger charge is 2.09. The molecule has 4 heteroatoms. The van der Waals surface area contributed by atoms with Crippen LogP contribution in [0.25, 0.3) is 16.5 Å². The zero-order chi connectivity index (χ0) is 15.0. The number of nitrogens with zero attached hydrogens (tertiary/aromatic N) is 1. The third-order valence-corrected chi connectivity index (χ3v) is 3.48. The van der Waals surface area contributed by atoms with Crippen molar-refractivity contribution in [1.82, 2.24) is 4.57 Å². The molecule has 0 atom stereocenters. The van der Waals surface area contributed by atoms with Crippen molar-refractivity contribution < 1.29 is 9.90 Å². The number of carboxylic acid groups (broad SMARTS) is 1. The first-order valence-electron chi connectivity index (χ1n) is 6.53. The molecule has 4 nitrogen and oxygen atoms in total. The second kappa shape index (κ2) is 4.90. The zero-order valence-corrected chi connectivity index (χ0v) is 11.4. The molecular formula is C17H13NO3. The van der Waals surface area contributed by atoms with Crippen LogP contribution in [0.5, 0.6) is 0 Å². The second-order valence-corrected chi connectivity index (χ2v) is 4.87. The summed E-state index contributed by atoms with van der Waals surface area (Å²) < 4.78 is 1.59. The van der Waals surface area contributed by atoms with Gasteiger partial charge in [0, 0.05) is 16.8 Å². The highest BCUT2D eigenvalue weighted by Crippen LogP contribution is 2.16. The molecule has 0 saturated carbocycles. The maximum absolute atomic E-state index is 12.6. The molecule has 0 aliphatic rings. The lowest BCUT2D eigenvalue weighted by molar-refractivity contribution is 0.0697. The Bertz CT molecular complexity index is 892. The average molecular weight is 279 g/mol. The average Bonchev–Trinajstić information content (AvgIpc) is 2.48. The van der Waals surface area contributed by atoms with E-state index in [9.17, 15) is 9.59 Å². The summed E-state index contributed by atoms with van der Waals surface area (Å²) >= 11 is 0. The van der Waals surface area contributed by atoms with Gasteiger partial charge in [-0.3, -0.25) is 9.36 Å². The van der Waals surface area contributed by atoms with Crippen LogP contribution < -0.4 is 5.56 Å². The normalized spacial score (nSPS) is 10.7. The second-order valence-electron chi connectivity index (χ2n) is 4.87. The molecule has 0 radical (unpaired) electrons. The maximum Gasteiger partial charge on any atom is 0.335 e. The Labute approximate surface area is 120 Å². The van der Waals surface area contributed by atoms with Crippen LogP contribution >= 0.6 is 0 Å². The molecule has 0 saturated heterocycles. The van der Waals surface area contributed by atoms with Crippen molar-refractivity contribution in [3.8, 4) is 5.69 Å². The lowest BCUT2D eigenvalue weighted by Gasteiger charge is -2.12. The largest absolute Gasteiger partial charge is 0.478 e. The number of aromatic nitrogens is 1. The van der Waals surface area contributed by atoms with E-state index in [0.29, 0.717) is 11.1 Å². The van der Waals surface area contributed by atoms with Gasteiger partial charge < -0.3 is 5.11 Å². The summed E-state index contributed by atoms with van der Waals surface area (Å²) in [6.07, 6.45) is 0. The van der Waals surface area contributed by atoms with E-state index >= 15 is 0 Å². The number of aryl methyl sites for hydroxylation is 1. The Kier molecular flexibility index (Phi) is 3.06. The minimum absolute atomic E-state index is 0.103. The van der Waals surface area contributed by atoms with Gasteiger partial charge in [0.25, 0.3) is 5.56 Å². The molecule has 1 aromatic heterocycles. The molecule has 0 amide bonds. The number of rotatable bonds is 2. The lowest BCUT2D eigenvalue weighted by atomic mass is 10.1. The quantitative estimate of drug-likeness (QED) is 0.784. The van der Waals surface area contributed by atoms with E-state index in [4.69, 9.17) is 5.11 Å². The van der Waals surface area contributed by atoms with Gasteiger partial charge in [-0.2, -0.15) is 0 Å². The zero-order valence-electron chi connectivity index (χ0n) is 11.4. The Hall–Kier alpha value is -2.88. The number of carbonyl (C=O) groups is 1. The van der Waals surface area contributed by atoms with E-state index in [-0.39, 0.29) is 11.1 Å². The topological polar surface area (TPSA) is 59.3 Å². The molecule has 1 N–H and O–H groups in total. The minimum Gasteiger partial charge on any atom is -0.478 e. The van der Waals surface area contributed by atoms with Crippen LogP contribution in [0.4, 0.5) is 0 Å². The number of pyridine rings is 1. The van der Waals surface area contributed by atoms with Crippen molar-refractivity contribution in [2.75, 3.05) is 0 Å². The van der Waals surface area contributed by atoms with Gasteiger partial charge in [-0.25, -0.2) is 4.79 Å². The first kappa shape index (κ1) is 13.1. The van der Waals surface area contributed by atoms with Crippen molar-refractivity contribution in [1.29, 1.82) is 0 Å². The molecule has 0 bridgehead atoms. The molecule has 0 fully saturated rings. The number of carboxylic acids is 1. The fourth-order valence-electron chi connectivity index (χ4n) is 2.46. The monoisotopic (exact) mass is 279 g/mol. The van der Waals surface area contributed by atoms with Crippen molar-refractivity contribution in [3.05, 3.63) is 76.2 Å². The first-order chi connectivity index (χ1) is 10.1. The number of benzene rings is 2. The summed E-state index contributed by atoms with van der Waals surface area (Å²) in [6, 6.07) is 15.7. The minimum atomic E-state index is -0.982. The maximum atomic E-state index is 12.6. The van der Waals surface area contributed by atoms with Gasteiger partial charge in [0.15, 0.2) is 0 Å². The van der Waals surface area contributed by atoms with E-state index in [2.05, 4.69) is 0 Å². The predicted molar refractivity (Wildman–Crippen MR) is 81.2 cm³/mol. The first-order valence-corrected chi connectivity index (χ1v) is 6.53. The standard InChI is InChI=1S/C17H13NO3/c1-11-10-13-4-2-3-5-15(13)16(19)18(11)14-8-6-12(7-9-14)17(20)21/h2-10H,1H3,(H,20,21). The Morgan fingerprint density at radius 1 is 1.05 bits per heavy atom. The summed E-state index contributed by atoms with van der Waals surface area (Å²) in [7, 11) is 0. The van der Waals surface area contributed by atoms with Gasteiger partial charge in [-0.15, -0.1) is 0 Å². The van der Waals surface area contributed by atoms with Crippen LogP contribution in [0, 0.1) is 6.92 Å². The van der Waals surface area contributed by atoms with Crippen LogP contribution in [0.2, 0.25) is 0 Å². The molecule has 0 aliphatic heterocycles. The third-order valence-electron chi connectivity index (χ3n) is 3.48. The summed E-state index contributed by atoms with van der Waals surface area (Å²) in [6.45, 7) is 1.86. The predicted octanol–water partition coefficient (Wildman–Crippen LogP) is 3.00. The number of aromatic carboxylic acids is 1. The number of hydrogen-bond donors (Lipinski definition) is 1. The van der Waals surface area contributed by atoms with Crippen molar-refractivity contribution in [2.24, 2.45) is 0 Å². The van der Waals surface area contributed by atoms with Gasteiger partial charge in [0.2, 0.25) is 0 Å². The molecule has 3 aromatic rings. The summed E-state index contributed by atoms with van der Waals surface area (Å²) in [5, 5.41) is 10.5. The van der Waals surface area contributed by atoms with Crippen LogP contribution in [-0.4, -0.2) is 15.6 Å². The number of hydrogen-bond acceptors (Lipinski definition) is 2. The summed E-state index contributed by atoms with van der Waals surface area (Å²) in [5.41, 5.74) is 1.56. The summed E-state index contributed by atoms with van der Waals surface area (Å²) in [4.78, 5) is 23.5. The summed E-state index contributed by atoms with van der Waals surface area (Å²) in [5.74, 6) is -0.982. The molecule has 0 unspecified atom stereocenters. The van der Waals surface area contributed by atoms with Gasteiger partial charge in [-0.1, -0.05) is 18.2 Å². The number of fused-ring (bicyclic) bond motifs is 1. The lowest BCUT2D eigenvalue weighted by Crippen LogP contribution is -2.20. The highest BCUT2D eigenvalue weighted by atomic mass is 16.4. The van der Waals surface area contributed by atoms with Crippen molar-refractivity contribution in [2.45, 2.75) is 6.92 Å². The van der Waals surface area contributed by atoms with E-state index in [1.54, 1.807) is 22.8 Å². The Morgan fingerprint density at radius 3 is 2.38 bits per heavy atom. The molecular weight excluding hydrogens is 266 g/mol. The SMILES string of the molecule is Cc1cc2ccccc2c(=O)n1-c1ccc(C(=O)O)cc1. The molecule has 0 spiro atoms. The Morgan fingerprint density at radius 2 is 1.71 bits per heavy atom. The Balaban J connectivity index is 2.25. The molecule has 2 aromatic carbocycles. The molecule has 1 heterocycles. The van der Waals surface area contributed by atoms with E-state index in [0.717, 1.165) is 11.1 Å².